The quantitative estimate of drug-likeness (QED) is 0.818. The van der Waals surface area contributed by atoms with Gasteiger partial charge in [0.05, 0.1) is 6.10 Å². The molecule has 0 bridgehead atoms. The molecule has 29 heavy (non-hydrogen) atoms. The number of fused-ring (bicyclic) bond motifs is 2. The van der Waals surface area contributed by atoms with Gasteiger partial charge in [0.2, 0.25) is 11.9 Å². The number of hydrogen-bond acceptors (Lipinski definition) is 4. The Labute approximate surface area is 165 Å². The first-order valence-electron chi connectivity index (χ1n) is 10.1. The second kappa shape index (κ2) is 6.42. The monoisotopic (exact) mass is 408 g/mol. The number of carbonyl (C=O) groups is 1. The SMILES string of the molecule is C[C@@]12CCO[C@@H]1C(CC(=O)Nc1nc3ccc(C(F)(F)F)nc3n1C1CCC1)C2. The predicted octanol–water partition coefficient (Wildman–Crippen LogP) is 4.32. The third-order valence-electron chi connectivity index (χ3n) is 6.78. The van der Waals surface area contributed by atoms with Crippen molar-refractivity contribution >= 4 is 23.0 Å². The Hall–Kier alpha value is -2.16. The Morgan fingerprint density at radius 1 is 1.34 bits per heavy atom. The van der Waals surface area contributed by atoms with E-state index in [2.05, 4.69) is 22.2 Å². The number of nitrogens with zero attached hydrogens (tertiary/aromatic N) is 3. The van der Waals surface area contributed by atoms with Crippen molar-refractivity contribution in [3.8, 4) is 0 Å². The van der Waals surface area contributed by atoms with Gasteiger partial charge in [0.15, 0.2) is 5.65 Å². The average Bonchev–Trinajstić information content (AvgIpc) is 3.08. The van der Waals surface area contributed by atoms with Gasteiger partial charge in [-0.15, -0.1) is 0 Å². The van der Waals surface area contributed by atoms with Gasteiger partial charge in [-0.1, -0.05) is 6.92 Å². The second-order valence-electron chi connectivity index (χ2n) is 8.84. The van der Waals surface area contributed by atoms with E-state index < -0.39 is 11.9 Å². The summed E-state index contributed by atoms with van der Waals surface area (Å²) >= 11 is 0. The molecule has 6 nitrogen and oxygen atoms in total. The van der Waals surface area contributed by atoms with E-state index in [-0.39, 0.29) is 41.0 Å². The number of anilines is 1. The van der Waals surface area contributed by atoms with E-state index in [4.69, 9.17) is 4.74 Å². The third kappa shape index (κ3) is 3.10. The van der Waals surface area contributed by atoms with Crippen LogP contribution < -0.4 is 5.32 Å². The number of amides is 1. The predicted molar refractivity (Wildman–Crippen MR) is 99.2 cm³/mol. The molecule has 0 radical (unpaired) electrons. The van der Waals surface area contributed by atoms with E-state index in [1.165, 1.54) is 6.07 Å². The average molecular weight is 408 g/mol. The molecule has 1 amide bonds. The number of carbonyl (C=O) groups excluding carboxylic acids is 1. The normalized spacial score (nSPS) is 29.4. The lowest BCUT2D eigenvalue weighted by Crippen LogP contribution is -2.48. The molecule has 3 atom stereocenters. The first-order chi connectivity index (χ1) is 13.7. The molecule has 2 saturated carbocycles. The molecule has 3 heterocycles. The molecule has 1 aliphatic heterocycles. The van der Waals surface area contributed by atoms with E-state index in [0.717, 1.165) is 44.8 Å². The number of halogens is 3. The van der Waals surface area contributed by atoms with Crippen molar-refractivity contribution in [3.63, 3.8) is 0 Å². The molecule has 2 aromatic heterocycles. The van der Waals surface area contributed by atoms with Crippen LogP contribution in [0.25, 0.3) is 11.2 Å². The van der Waals surface area contributed by atoms with Crippen LogP contribution in [0.2, 0.25) is 0 Å². The van der Waals surface area contributed by atoms with Crippen molar-refractivity contribution in [1.82, 2.24) is 14.5 Å². The molecule has 5 rings (SSSR count). The lowest BCUT2D eigenvalue weighted by molar-refractivity contribution is -0.141. The maximum atomic E-state index is 13.1. The molecular weight excluding hydrogens is 385 g/mol. The number of rotatable bonds is 4. The zero-order chi connectivity index (χ0) is 20.4. The summed E-state index contributed by atoms with van der Waals surface area (Å²) < 4.78 is 46.8. The van der Waals surface area contributed by atoms with E-state index in [9.17, 15) is 18.0 Å². The fourth-order valence-corrected chi connectivity index (χ4v) is 5.04. The molecule has 1 saturated heterocycles. The van der Waals surface area contributed by atoms with E-state index in [1.54, 1.807) is 4.57 Å². The number of aromatic nitrogens is 3. The molecule has 1 N–H and O–H groups in total. The topological polar surface area (TPSA) is 69.0 Å². The van der Waals surface area contributed by atoms with Gasteiger partial charge in [0.1, 0.15) is 11.2 Å². The number of nitrogens with one attached hydrogen (secondary N) is 1. The van der Waals surface area contributed by atoms with Gasteiger partial charge in [0.25, 0.3) is 0 Å². The lowest BCUT2D eigenvalue weighted by Gasteiger charge is -2.47. The maximum absolute atomic E-state index is 13.1. The summed E-state index contributed by atoms with van der Waals surface area (Å²) in [7, 11) is 0. The molecule has 9 heteroatoms. The Kier molecular flexibility index (Phi) is 4.17. The minimum absolute atomic E-state index is 0.0106. The third-order valence-corrected chi connectivity index (χ3v) is 6.78. The molecule has 3 fully saturated rings. The zero-order valence-electron chi connectivity index (χ0n) is 16.1. The first-order valence-corrected chi connectivity index (χ1v) is 10.1. The summed E-state index contributed by atoms with van der Waals surface area (Å²) in [6, 6.07) is 2.26. The van der Waals surface area contributed by atoms with Crippen LogP contribution in [0.1, 0.15) is 57.2 Å². The van der Waals surface area contributed by atoms with Gasteiger partial charge in [-0.25, -0.2) is 9.97 Å². The molecule has 2 aromatic rings. The zero-order valence-corrected chi connectivity index (χ0v) is 16.1. The molecule has 0 spiro atoms. The molecule has 2 aliphatic carbocycles. The summed E-state index contributed by atoms with van der Waals surface area (Å²) in [6.45, 7) is 2.93. The summed E-state index contributed by atoms with van der Waals surface area (Å²) in [6.07, 6.45) is 0.582. The molecule has 3 aliphatic rings. The van der Waals surface area contributed by atoms with Gasteiger partial charge in [-0.2, -0.15) is 13.2 Å². The summed E-state index contributed by atoms with van der Waals surface area (Å²) in [5.41, 5.74) is -0.233. The standard InChI is InChI=1S/C20H23F3N4O2/c1-19-7-8-29-16(19)11(10-19)9-15(28)26-18-24-13-5-6-14(20(21,22)23)25-17(13)27(18)12-3-2-4-12/h5-6,11-12,16H,2-4,7-10H2,1H3,(H,24,26,28)/t11?,16-,19+/m1/s1. The largest absolute Gasteiger partial charge is 0.433 e. The van der Waals surface area contributed by atoms with Crippen molar-refractivity contribution < 1.29 is 22.7 Å². The van der Waals surface area contributed by atoms with E-state index >= 15 is 0 Å². The molecule has 156 valence electrons. The number of pyridine rings is 1. The first kappa shape index (κ1) is 18.8. The minimum Gasteiger partial charge on any atom is -0.377 e. The number of alkyl halides is 3. The molecular formula is C20H23F3N4O2. The van der Waals surface area contributed by atoms with Crippen molar-refractivity contribution in [1.29, 1.82) is 0 Å². The summed E-state index contributed by atoms with van der Waals surface area (Å²) in [5.74, 6) is 0.286. The van der Waals surface area contributed by atoms with Crippen molar-refractivity contribution in [2.45, 2.75) is 63.8 Å². The van der Waals surface area contributed by atoms with Crippen molar-refractivity contribution in [2.24, 2.45) is 11.3 Å². The Morgan fingerprint density at radius 2 is 2.14 bits per heavy atom. The fraction of sp³-hybridized carbons (Fsp3) is 0.650. The smallest absolute Gasteiger partial charge is 0.377 e. The van der Waals surface area contributed by atoms with E-state index in [1.807, 2.05) is 0 Å². The fourth-order valence-electron chi connectivity index (χ4n) is 5.04. The molecule has 0 aromatic carbocycles. The van der Waals surface area contributed by atoms with Gasteiger partial charge in [-0.05, 0) is 55.6 Å². The van der Waals surface area contributed by atoms with Gasteiger partial charge >= 0.3 is 6.18 Å². The number of ether oxygens (including phenoxy) is 1. The van der Waals surface area contributed by atoms with Crippen LogP contribution in [0, 0.1) is 11.3 Å². The van der Waals surface area contributed by atoms with Gasteiger partial charge in [0, 0.05) is 19.1 Å². The van der Waals surface area contributed by atoms with Crippen LogP contribution in [0.4, 0.5) is 19.1 Å². The van der Waals surface area contributed by atoms with E-state index in [0.29, 0.717) is 11.9 Å². The van der Waals surface area contributed by atoms with Crippen molar-refractivity contribution in [3.05, 3.63) is 17.8 Å². The molecule has 1 unspecified atom stereocenters. The highest BCUT2D eigenvalue weighted by atomic mass is 19.4. The summed E-state index contributed by atoms with van der Waals surface area (Å²) in [5, 5.41) is 2.83. The van der Waals surface area contributed by atoms with Crippen molar-refractivity contribution in [2.75, 3.05) is 11.9 Å². The number of imidazole rings is 1. The Bertz CT molecular complexity index is 969. The highest BCUT2D eigenvalue weighted by Gasteiger charge is 2.54. The maximum Gasteiger partial charge on any atom is 0.433 e. The van der Waals surface area contributed by atoms with Gasteiger partial charge in [-0.3, -0.25) is 14.7 Å². The lowest BCUT2D eigenvalue weighted by atomic mass is 9.59. The van der Waals surface area contributed by atoms with Crippen LogP contribution >= 0.6 is 0 Å². The minimum atomic E-state index is -4.52. The van der Waals surface area contributed by atoms with Crippen LogP contribution in [0.15, 0.2) is 12.1 Å². The van der Waals surface area contributed by atoms with Gasteiger partial charge < -0.3 is 4.74 Å². The van der Waals surface area contributed by atoms with Crippen LogP contribution in [0.3, 0.4) is 0 Å². The van der Waals surface area contributed by atoms with Crippen LogP contribution in [0.5, 0.6) is 0 Å². The van der Waals surface area contributed by atoms with Crippen LogP contribution in [-0.4, -0.2) is 33.2 Å². The summed E-state index contributed by atoms with van der Waals surface area (Å²) in [4.78, 5) is 20.9. The Balaban J connectivity index is 1.40. The van der Waals surface area contributed by atoms with Crippen LogP contribution in [-0.2, 0) is 15.7 Å². The number of hydrogen-bond donors (Lipinski definition) is 1. The highest BCUT2D eigenvalue weighted by Crippen LogP contribution is 2.55. The highest BCUT2D eigenvalue weighted by molar-refractivity contribution is 5.91. The Morgan fingerprint density at radius 3 is 2.79 bits per heavy atom. The second-order valence-corrected chi connectivity index (χ2v) is 8.84.